The molecule has 0 aliphatic carbocycles. The first kappa shape index (κ1) is 14.2. The van der Waals surface area contributed by atoms with Gasteiger partial charge in [-0.05, 0) is 12.1 Å². The summed E-state index contributed by atoms with van der Waals surface area (Å²) in [6, 6.07) is 4.68. The maximum Gasteiger partial charge on any atom is 0.317 e. The predicted octanol–water partition coefficient (Wildman–Crippen LogP) is 1.68. The maximum atomic E-state index is 13.7. The molecule has 0 radical (unpaired) electrons. The molecule has 1 aliphatic rings. The van der Waals surface area contributed by atoms with Gasteiger partial charge in [0.2, 0.25) is 0 Å². The Hall–Kier alpha value is -1.17. The molecule has 1 saturated heterocycles. The van der Waals surface area contributed by atoms with Gasteiger partial charge in [0.25, 0.3) is 0 Å². The van der Waals surface area contributed by atoms with E-state index in [0.717, 1.165) is 13.1 Å². The van der Waals surface area contributed by atoms with Gasteiger partial charge < -0.3 is 5.11 Å². The molecule has 0 unspecified atom stereocenters. The van der Waals surface area contributed by atoms with Crippen LogP contribution in [-0.4, -0.2) is 53.6 Å². The number of nitrogens with zero attached hydrogens (tertiary/aromatic N) is 2. The molecule has 19 heavy (non-hydrogen) atoms. The van der Waals surface area contributed by atoms with Gasteiger partial charge in [0.1, 0.15) is 5.82 Å². The largest absolute Gasteiger partial charge is 0.480 e. The van der Waals surface area contributed by atoms with Crippen LogP contribution in [0.2, 0.25) is 5.02 Å². The standard InChI is InChI=1S/C13H16ClFN2O2/c14-11-2-1-3-12(15)10(11)8-16-4-6-17(7-5-16)9-13(18)19/h1-3H,4-9H2,(H,18,19). The van der Waals surface area contributed by atoms with Gasteiger partial charge in [-0.25, -0.2) is 4.39 Å². The van der Waals surface area contributed by atoms with E-state index in [1.54, 1.807) is 12.1 Å². The Bertz CT molecular complexity index is 442. The molecule has 0 bridgehead atoms. The van der Waals surface area contributed by atoms with E-state index in [9.17, 15) is 9.18 Å². The van der Waals surface area contributed by atoms with Crippen molar-refractivity contribution in [2.45, 2.75) is 6.54 Å². The van der Waals surface area contributed by atoms with Gasteiger partial charge in [0.05, 0.1) is 6.54 Å². The molecule has 6 heteroatoms. The first-order valence-corrected chi connectivity index (χ1v) is 6.53. The number of aliphatic carboxylic acids is 1. The zero-order valence-corrected chi connectivity index (χ0v) is 11.2. The average molecular weight is 287 g/mol. The quantitative estimate of drug-likeness (QED) is 0.915. The van der Waals surface area contributed by atoms with Gasteiger partial charge in [0.15, 0.2) is 0 Å². The van der Waals surface area contributed by atoms with Gasteiger partial charge in [-0.3, -0.25) is 14.6 Å². The Morgan fingerprint density at radius 2 is 1.89 bits per heavy atom. The Morgan fingerprint density at radius 3 is 2.47 bits per heavy atom. The van der Waals surface area contributed by atoms with E-state index in [1.807, 2.05) is 4.90 Å². The monoisotopic (exact) mass is 286 g/mol. The van der Waals surface area contributed by atoms with Crippen LogP contribution in [0.15, 0.2) is 18.2 Å². The van der Waals surface area contributed by atoms with Crippen LogP contribution in [-0.2, 0) is 11.3 Å². The van der Waals surface area contributed by atoms with E-state index >= 15 is 0 Å². The minimum absolute atomic E-state index is 0.0638. The average Bonchev–Trinajstić information content (AvgIpc) is 2.35. The molecule has 0 amide bonds. The van der Waals surface area contributed by atoms with Gasteiger partial charge >= 0.3 is 5.97 Å². The van der Waals surface area contributed by atoms with Crippen LogP contribution < -0.4 is 0 Å². The highest BCUT2D eigenvalue weighted by molar-refractivity contribution is 6.31. The summed E-state index contributed by atoms with van der Waals surface area (Å²) >= 11 is 5.99. The molecular formula is C13H16ClFN2O2. The van der Waals surface area contributed by atoms with Crippen LogP contribution in [0, 0.1) is 5.82 Å². The second-order valence-electron chi connectivity index (χ2n) is 4.65. The third-order valence-corrected chi connectivity index (χ3v) is 3.62. The highest BCUT2D eigenvalue weighted by atomic mass is 35.5. The minimum Gasteiger partial charge on any atom is -0.480 e. The van der Waals surface area contributed by atoms with E-state index in [1.165, 1.54) is 6.07 Å². The fourth-order valence-corrected chi connectivity index (χ4v) is 2.43. The van der Waals surface area contributed by atoms with Crippen molar-refractivity contribution in [3.63, 3.8) is 0 Å². The van der Waals surface area contributed by atoms with Crippen LogP contribution in [0.1, 0.15) is 5.56 Å². The predicted molar refractivity (Wildman–Crippen MR) is 70.8 cm³/mol. The van der Waals surface area contributed by atoms with Crippen molar-refractivity contribution < 1.29 is 14.3 Å². The number of hydrogen-bond acceptors (Lipinski definition) is 3. The Morgan fingerprint density at radius 1 is 1.26 bits per heavy atom. The summed E-state index contributed by atoms with van der Waals surface area (Å²) in [6.45, 7) is 3.33. The second-order valence-corrected chi connectivity index (χ2v) is 5.05. The SMILES string of the molecule is O=C(O)CN1CCN(Cc2c(F)cccc2Cl)CC1. The Kier molecular flexibility index (Phi) is 4.74. The van der Waals surface area contributed by atoms with Crippen LogP contribution >= 0.6 is 11.6 Å². The fourth-order valence-electron chi connectivity index (χ4n) is 2.20. The van der Waals surface area contributed by atoms with E-state index in [0.29, 0.717) is 30.2 Å². The molecule has 0 saturated carbocycles. The van der Waals surface area contributed by atoms with Crippen molar-refractivity contribution in [1.29, 1.82) is 0 Å². The first-order valence-electron chi connectivity index (χ1n) is 6.15. The van der Waals surface area contributed by atoms with Crippen molar-refractivity contribution in [1.82, 2.24) is 9.80 Å². The summed E-state index contributed by atoms with van der Waals surface area (Å²) in [5.41, 5.74) is 0.510. The molecule has 4 nitrogen and oxygen atoms in total. The number of piperazine rings is 1. The molecular weight excluding hydrogens is 271 g/mol. The second kappa shape index (κ2) is 6.32. The molecule has 0 aromatic heterocycles. The van der Waals surface area contributed by atoms with Crippen LogP contribution in [0.5, 0.6) is 0 Å². The number of carbonyl (C=O) groups is 1. The molecule has 1 aromatic rings. The summed E-state index contributed by atoms with van der Waals surface area (Å²) in [7, 11) is 0. The highest BCUT2D eigenvalue weighted by Gasteiger charge is 2.20. The zero-order valence-electron chi connectivity index (χ0n) is 10.5. The number of hydrogen-bond donors (Lipinski definition) is 1. The number of rotatable bonds is 4. The normalized spacial score (nSPS) is 17.6. The minimum atomic E-state index is -0.814. The van der Waals surface area contributed by atoms with Gasteiger partial charge in [-0.2, -0.15) is 0 Å². The number of benzene rings is 1. The zero-order chi connectivity index (χ0) is 13.8. The summed E-state index contributed by atoms with van der Waals surface area (Å²) < 4.78 is 13.7. The molecule has 1 heterocycles. The van der Waals surface area contributed by atoms with E-state index in [4.69, 9.17) is 16.7 Å². The van der Waals surface area contributed by atoms with Gasteiger partial charge in [-0.15, -0.1) is 0 Å². The number of carboxylic acid groups (broad SMARTS) is 1. The van der Waals surface area contributed by atoms with Crippen molar-refractivity contribution in [2.24, 2.45) is 0 Å². The Balaban J connectivity index is 1.91. The molecule has 2 rings (SSSR count). The molecule has 104 valence electrons. The van der Waals surface area contributed by atoms with Crippen LogP contribution in [0.4, 0.5) is 4.39 Å². The summed E-state index contributed by atoms with van der Waals surface area (Å²) in [4.78, 5) is 14.6. The van der Waals surface area contributed by atoms with Crippen molar-refractivity contribution in [3.05, 3.63) is 34.6 Å². The lowest BCUT2D eigenvalue weighted by atomic mass is 10.2. The summed E-state index contributed by atoms with van der Waals surface area (Å²) in [5.74, 6) is -1.11. The molecule has 1 aliphatic heterocycles. The van der Waals surface area contributed by atoms with Gasteiger partial charge in [0, 0.05) is 43.3 Å². The topological polar surface area (TPSA) is 43.8 Å². The summed E-state index contributed by atoms with van der Waals surface area (Å²) in [5, 5.41) is 9.16. The van der Waals surface area contributed by atoms with E-state index < -0.39 is 5.97 Å². The lowest BCUT2D eigenvalue weighted by Gasteiger charge is -2.33. The fraction of sp³-hybridized carbons (Fsp3) is 0.462. The third-order valence-electron chi connectivity index (χ3n) is 3.27. The van der Waals surface area contributed by atoms with Gasteiger partial charge in [-0.1, -0.05) is 17.7 Å². The first-order chi connectivity index (χ1) is 9.06. The molecule has 1 N–H and O–H groups in total. The molecule has 1 aromatic carbocycles. The highest BCUT2D eigenvalue weighted by Crippen LogP contribution is 2.21. The van der Waals surface area contributed by atoms with Crippen LogP contribution in [0.25, 0.3) is 0 Å². The Labute approximate surface area is 116 Å². The maximum absolute atomic E-state index is 13.7. The van der Waals surface area contributed by atoms with E-state index in [-0.39, 0.29) is 12.4 Å². The lowest BCUT2D eigenvalue weighted by molar-refractivity contribution is -0.138. The number of halogens is 2. The molecule has 1 fully saturated rings. The third kappa shape index (κ3) is 3.89. The molecule has 0 spiro atoms. The van der Waals surface area contributed by atoms with Crippen molar-refractivity contribution in [2.75, 3.05) is 32.7 Å². The van der Waals surface area contributed by atoms with Crippen molar-refractivity contribution >= 4 is 17.6 Å². The van der Waals surface area contributed by atoms with E-state index in [2.05, 4.69) is 4.90 Å². The van der Waals surface area contributed by atoms with Crippen LogP contribution in [0.3, 0.4) is 0 Å². The lowest BCUT2D eigenvalue weighted by Crippen LogP contribution is -2.47. The number of carboxylic acids is 1. The molecule has 0 atom stereocenters. The smallest absolute Gasteiger partial charge is 0.317 e. The summed E-state index contributed by atoms with van der Waals surface area (Å²) in [6.07, 6.45) is 0. The van der Waals surface area contributed by atoms with Crippen molar-refractivity contribution in [3.8, 4) is 0 Å².